The Balaban J connectivity index is 2.87. The molecule has 1 aromatic rings. The summed E-state index contributed by atoms with van der Waals surface area (Å²) in [4.78, 5) is 0.379. The van der Waals surface area contributed by atoms with Crippen molar-refractivity contribution in [3.63, 3.8) is 0 Å². The summed E-state index contributed by atoms with van der Waals surface area (Å²) in [6.07, 6.45) is 0.473. The summed E-state index contributed by atoms with van der Waals surface area (Å²) < 4.78 is 30.1. The van der Waals surface area contributed by atoms with Crippen molar-refractivity contribution in [2.75, 3.05) is 6.61 Å². The van der Waals surface area contributed by atoms with Crippen molar-refractivity contribution in [2.45, 2.75) is 63.2 Å². The van der Waals surface area contributed by atoms with Crippen LogP contribution in [0.1, 0.15) is 46.6 Å². The number of benzene rings is 1. The van der Waals surface area contributed by atoms with Crippen molar-refractivity contribution in [2.24, 2.45) is 0 Å². The van der Waals surface area contributed by atoms with Crippen LogP contribution in [0, 0.1) is 6.92 Å². The quantitative estimate of drug-likeness (QED) is 0.831. The Kier molecular flexibility index (Phi) is 5.03. The van der Waals surface area contributed by atoms with Crippen molar-refractivity contribution in [1.82, 2.24) is 0 Å². The molecule has 1 aromatic carbocycles. The van der Waals surface area contributed by atoms with Gasteiger partial charge >= 0.3 is 0 Å². The molecule has 0 aliphatic carbocycles. The molecule has 0 heterocycles. The summed E-state index contributed by atoms with van der Waals surface area (Å²) in [5.74, 6) is 0. The van der Waals surface area contributed by atoms with Crippen LogP contribution in [0.15, 0.2) is 29.2 Å². The highest BCUT2D eigenvalue weighted by Crippen LogP contribution is 2.29. The van der Waals surface area contributed by atoms with Gasteiger partial charge in [0.25, 0.3) is 0 Å². The Bertz CT molecular complexity index is 534. The van der Waals surface area contributed by atoms with E-state index in [0.717, 1.165) is 5.56 Å². The minimum Gasteiger partial charge on any atom is -0.376 e. The molecule has 4 heteroatoms. The van der Waals surface area contributed by atoms with E-state index in [0.29, 0.717) is 17.9 Å². The zero-order valence-electron chi connectivity index (χ0n) is 13.4. The molecule has 0 saturated heterocycles. The number of sulfone groups is 1. The van der Waals surface area contributed by atoms with Crippen LogP contribution in [-0.2, 0) is 14.6 Å². The van der Waals surface area contributed by atoms with E-state index in [9.17, 15) is 8.42 Å². The van der Waals surface area contributed by atoms with Gasteiger partial charge in [-0.3, -0.25) is 0 Å². The summed E-state index contributed by atoms with van der Waals surface area (Å²) in [6, 6.07) is 7.01. The first-order valence-electron chi connectivity index (χ1n) is 6.91. The van der Waals surface area contributed by atoms with Crippen molar-refractivity contribution in [3.05, 3.63) is 29.8 Å². The van der Waals surface area contributed by atoms with E-state index in [4.69, 9.17) is 4.74 Å². The van der Waals surface area contributed by atoms with Crippen molar-refractivity contribution < 1.29 is 13.2 Å². The molecule has 0 atom stereocenters. The summed E-state index contributed by atoms with van der Waals surface area (Å²) in [6.45, 7) is 11.8. The van der Waals surface area contributed by atoms with Crippen molar-refractivity contribution in [1.29, 1.82) is 0 Å². The number of rotatable bonds is 5. The lowest BCUT2D eigenvalue weighted by Crippen LogP contribution is -2.34. The van der Waals surface area contributed by atoms with Crippen LogP contribution in [0.5, 0.6) is 0 Å². The van der Waals surface area contributed by atoms with Gasteiger partial charge in [0.15, 0.2) is 9.84 Å². The van der Waals surface area contributed by atoms with Gasteiger partial charge in [0.1, 0.15) is 0 Å². The molecule has 0 saturated carbocycles. The highest BCUT2D eigenvalue weighted by Gasteiger charge is 2.35. The third kappa shape index (κ3) is 4.32. The van der Waals surface area contributed by atoms with Gasteiger partial charge in [-0.25, -0.2) is 8.42 Å². The van der Waals surface area contributed by atoms with Gasteiger partial charge in [0, 0.05) is 6.61 Å². The van der Waals surface area contributed by atoms with E-state index in [1.165, 1.54) is 0 Å². The maximum atomic E-state index is 12.7. The zero-order chi connectivity index (χ0) is 15.6. The molecule has 0 N–H and O–H groups in total. The monoisotopic (exact) mass is 298 g/mol. The fourth-order valence-corrected chi connectivity index (χ4v) is 3.26. The second-order valence-corrected chi connectivity index (χ2v) is 9.37. The van der Waals surface area contributed by atoms with Crippen LogP contribution in [0.25, 0.3) is 0 Å². The van der Waals surface area contributed by atoms with Crippen LogP contribution < -0.4 is 0 Å². The average Bonchev–Trinajstić information content (AvgIpc) is 2.27. The second-order valence-electron chi connectivity index (χ2n) is 6.79. The van der Waals surface area contributed by atoms with Gasteiger partial charge in [-0.05, 0) is 60.1 Å². The fourth-order valence-electron chi connectivity index (χ4n) is 1.77. The van der Waals surface area contributed by atoms with Crippen LogP contribution in [-0.4, -0.2) is 25.4 Å². The molecule has 0 aliphatic heterocycles. The van der Waals surface area contributed by atoms with Crippen molar-refractivity contribution in [3.8, 4) is 0 Å². The molecule has 0 aromatic heterocycles. The van der Waals surface area contributed by atoms with Crippen LogP contribution in [0.2, 0.25) is 0 Å². The van der Waals surface area contributed by atoms with Gasteiger partial charge in [-0.15, -0.1) is 0 Å². The molecule has 0 amide bonds. The molecule has 1 rings (SSSR count). The van der Waals surface area contributed by atoms with E-state index in [1.54, 1.807) is 26.0 Å². The smallest absolute Gasteiger partial charge is 0.183 e. The number of ether oxygens (including phenoxy) is 1. The highest BCUT2D eigenvalue weighted by molar-refractivity contribution is 7.92. The molecule has 0 radical (unpaired) electrons. The third-order valence-corrected chi connectivity index (χ3v) is 5.85. The lowest BCUT2D eigenvalue weighted by Gasteiger charge is -2.27. The van der Waals surface area contributed by atoms with Gasteiger partial charge in [-0.2, -0.15) is 0 Å². The van der Waals surface area contributed by atoms with E-state index < -0.39 is 14.6 Å². The molecule has 3 nitrogen and oxygen atoms in total. The molecule has 0 aliphatic rings. The Morgan fingerprint density at radius 2 is 1.50 bits per heavy atom. The Labute approximate surface area is 123 Å². The third-order valence-electron chi connectivity index (χ3n) is 3.30. The van der Waals surface area contributed by atoms with E-state index >= 15 is 0 Å². The first kappa shape index (κ1) is 17.2. The number of aryl methyl sites for hydroxylation is 1. The van der Waals surface area contributed by atoms with E-state index in [1.807, 2.05) is 39.8 Å². The summed E-state index contributed by atoms with van der Waals surface area (Å²) in [5.41, 5.74) is 0.807. The van der Waals surface area contributed by atoms with Crippen LogP contribution in [0.4, 0.5) is 0 Å². The lowest BCUT2D eigenvalue weighted by molar-refractivity contribution is -0.00658. The maximum Gasteiger partial charge on any atom is 0.183 e. The predicted octanol–water partition coefficient (Wildman–Crippen LogP) is 3.75. The van der Waals surface area contributed by atoms with Gasteiger partial charge < -0.3 is 4.74 Å². The second kappa shape index (κ2) is 5.86. The first-order valence-corrected chi connectivity index (χ1v) is 8.39. The Morgan fingerprint density at radius 3 is 1.95 bits per heavy atom. The molecule has 114 valence electrons. The van der Waals surface area contributed by atoms with Gasteiger partial charge in [-0.1, -0.05) is 17.7 Å². The highest BCUT2D eigenvalue weighted by atomic mass is 32.2. The molecule has 0 unspecified atom stereocenters. The minimum absolute atomic E-state index is 0.246. The fraction of sp³-hybridized carbons (Fsp3) is 0.625. The Morgan fingerprint density at radius 1 is 1.00 bits per heavy atom. The largest absolute Gasteiger partial charge is 0.376 e. The molecule has 0 spiro atoms. The Hall–Kier alpha value is -0.870. The SMILES string of the molecule is Cc1ccc(S(=O)(=O)C(C)(C)CCOC(C)(C)C)cc1. The minimum atomic E-state index is -3.35. The van der Waals surface area contributed by atoms with Crippen LogP contribution in [0.3, 0.4) is 0 Å². The maximum absolute atomic E-state index is 12.7. The normalized spacial score (nSPS) is 13.5. The molecule has 0 bridgehead atoms. The summed E-state index contributed by atoms with van der Waals surface area (Å²) >= 11 is 0. The molecular weight excluding hydrogens is 272 g/mol. The predicted molar refractivity (Wildman–Crippen MR) is 82.8 cm³/mol. The average molecular weight is 298 g/mol. The summed E-state index contributed by atoms with van der Waals surface area (Å²) in [5, 5.41) is 0. The molecular formula is C16H26O3S. The van der Waals surface area contributed by atoms with E-state index in [2.05, 4.69) is 0 Å². The summed E-state index contributed by atoms with van der Waals surface area (Å²) in [7, 11) is -3.35. The number of hydrogen-bond acceptors (Lipinski definition) is 3. The van der Waals surface area contributed by atoms with Gasteiger partial charge in [0.2, 0.25) is 0 Å². The topological polar surface area (TPSA) is 43.4 Å². The van der Waals surface area contributed by atoms with E-state index in [-0.39, 0.29) is 5.60 Å². The first-order chi connectivity index (χ1) is 8.96. The zero-order valence-corrected chi connectivity index (χ0v) is 14.2. The number of hydrogen-bond donors (Lipinski definition) is 0. The molecule has 0 fully saturated rings. The van der Waals surface area contributed by atoms with Crippen LogP contribution >= 0.6 is 0 Å². The lowest BCUT2D eigenvalue weighted by atomic mass is 10.1. The van der Waals surface area contributed by atoms with Crippen molar-refractivity contribution >= 4 is 9.84 Å². The molecule has 20 heavy (non-hydrogen) atoms. The standard InChI is InChI=1S/C16H26O3S/c1-13-7-9-14(10-8-13)20(17,18)16(5,6)11-12-19-15(2,3)4/h7-10H,11-12H2,1-6H3. The van der Waals surface area contributed by atoms with Gasteiger partial charge in [0.05, 0.1) is 15.2 Å².